The molecule has 0 saturated carbocycles. The third kappa shape index (κ3) is 4.19. The molecule has 1 aromatic heterocycles. The molecule has 8 heteroatoms. The van der Waals surface area contributed by atoms with Crippen molar-refractivity contribution in [2.75, 3.05) is 6.16 Å². The Morgan fingerprint density at radius 2 is 2.08 bits per heavy atom. The van der Waals surface area contributed by atoms with E-state index in [2.05, 4.69) is 4.98 Å². The molecule has 1 aromatic carbocycles. The monoisotopic (exact) mass is 353 g/mol. The van der Waals surface area contributed by atoms with E-state index in [1.54, 1.807) is 18.3 Å². The van der Waals surface area contributed by atoms with Crippen LogP contribution >= 0.6 is 8.38 Å². The third-order valence-corrected chi connectivity index (χ3v) is 4.64. The number of aliphatic hydroxyl groups is 2. The van der Waals surface area contributed by atoms with Crippen molar-refractivity contribution in [3.63, 3.8) is 0 Å². The number of hydrogen-bond donors (Lipinski definition) is 4. The fraction of sp³-hybridized carbons (Fsp3) is 0.438. The number of nitrogens with zero attached hydrogens (tertiary/aromatic N) is 1. The van der Waals surface area contributed by atoms with Gasteiger partial charge in [-0.05, 0) is 24.6 Å². The Morgan fingerprint density at radius 3 is 2.88 bits per heavy atom. The van der Waals surface area contributed by atoms with Gasteiger partial charge in [0.15, 0.2) is 8.38 Å². The highest BCUT2D eigenvalue weighted by Gasteiger charge is 2.38. The molecule has 3 rings (SSSR count). The van der Waals surface area contributed by atoms with Crippen LogP contribution in [-0.4, -0.2) is 55.7 Å². The average molecular weight is 353 g/mol. The smallest absolute Gasteiger partial charge is 0.228 e. The quantitative estimate of drug-likeness (QED) is 0.596. The number of aliphatic hydroxyl groups excluding tert-OH is 2. The molecule has 7 nitrogen and oxygen atoms in total. The van der Waals surface area contributed by atoms with Crippen molar-refractivity contribution in [2.24, 2.45) is 0 Å². The summed E-state index contributed by atoms with van der Waals surface area (Å²) in [6.07, 6.45) is -1.12. The van der Waals surface area contributed by atoms with E-state index in [9.17, 15) is 10.2 Å². The van der Waals surface area contributed by atoms with E-state index < -0.39 is 33.0 Å². The van der Waals surface area contributed by atoms with Crippen molar-refractivity contribution >= 4 is 19.3 Å². The minimum Gasteiger partial charge on any atom is -0.462 e. The molecule has 0 radical (unpaired) electrons. The van der Waals surface area contributed by atoms with Gasteiger partial charge >= 0.3 is 0 Å². The van der Waals surface area contributed by atoms with Gasteiger partial charge in [-0.1, -0.05) is 6.07 Å². The number of benzene rings is 1. The van der Waals surface area contributed by atoms with Gasteiger partial charge in [-0.2, -0.15) is 0 Å². The Labute approximate surface area is 140 Å². The number of rotatable bonds is 5. The summed E-state index contributed by atoms with van der Waals surface area (Å²) in [5.74, 6) is 0.477. The maximum Gasteiger partial charge on any atom is 0.228 e. The van der Waals surface area contributed by atoms with E-state index in [-0.39, 0.29) is 12.6 Å². The molecule has 4 N–H and O–H groups in total. The second-order valence-electron chi connectivity index (χ2n) is 5.78. The van der Waals surface area contributed by atoms with Crippen LogP contribution in [0.15, 0.2) is 36.5 Å². The van der Waals surface area contributed by atoms with Crippen molar-refractivity contribution < 1.29 is 29.5 Å². The average Bonchev–Trinajstić information content (AvgIpc) is 2.57. The lowest BCUT2D eigenvalue weighted by Crippen LogP contribution is -2.51. The van der Waals surface area contributed by atoms with Crippen LogP contribution in [0.2, 0.25) is 0 Å². The maximum atomic E-state index is 10.1. The molecule has 1 aliphatic rings. The standard InChI is InChI=1S/C16H20NO6P/c18-14-9-12(5-7-24(20)21)23-16(15(14)19)22-11-4-3-10-2-1-6-17-13(10)8-11/h1-4,6,8,12,14-16,18-21H,5,7,9H2. The summed E-state index contributed by atoms with van der Waals surface area (Å²) in [5, 5.41) is 21.1. The molecular weight excluding hydrogens is 333 g/mol. The zero-order valence-corrected chi connectivity index (χ0v) is 13.8. The summed E-state index contributed by atoms with van der Waals surface area (Å²) in [4.78, 5) is 22.3. The zero-order valence-electron chi connectivity index (χ0n) is 12.9. The van der Waals surface area contributed by atoms with Crippen LogP contribution in [-0.2, 0) is 4.74 Å². The molecule has 0 spiro atoms. The molecule has 0 amide bonds. The van der Waals surface area contributed by atoms with Crippen LogP contribution < -0.4 is 4.74 Å². The first-order valence-electron chi connectivity index (χ1n) is 7.71. The van der Waals surface area contributed by atoms with Crippen molar-refractivity contribution in [3.05, 3.63) is 36.5 Å². The fourth-order valence-electron chi connectivity index (χ4n) is 2.71. The van der Waals surface area contributed by atoms with Crippen LogP contribution in [0.25, 0.3) is 10.9 Å². The Kier molecular flexibility index (Phi) is 5.61. The molecule has 1 saturated heterocycles. The van der Waals surface area contributed by atoms with E-state index in [0.29, 0.717) is 12.2 Å². The summed E-state index contributed by atoms with van der Waals surface area (Å²) >= 11 is 0. The van der Waals surface area contributed by atoms with Crippen molar-refractivity contribution in [2.45, 2.75) is 37.4 Å². The molecule has 4 unspecified atom stereocenters. The molecule has 2 heterocycles. The second kappa shape index (κ2) is 7.70. The molecule has 0 aliphatic carbocycles. The molecule has 1 fully saturated rings. The summed E-state index contributed by atoms with van der Waals surface area (Å²) in [6.45, 7) is 0. The van der Waals surface area contributed by atoms with Crippen LogP contribution in [0.4, 0.5) is 0 Å². The Bertz CT molecular complexity index is 684. The first kappa shape index (κ1) is 17.5. The van der Waals surface area contributed by atoms with Gasteiger partial charge in [-0.25, -0.2) is 0 Å². The Hall–Kier alpha value is -1.34. The molecular formula is C16H20NO6P. The van der Waals surface area contributed by atoms with Gasteiger partial charge < -0.3 is 29.5 Å². The number of pyridine rings is 1. The Morgan fingerprint density at radius 1 is 1.25 bits per heavy atom. The fourth-order valence-corrected chi connectivity index (χ4v) is 3.23. The van der Waals surface area contributed by atoms with Crippen LogP contribution in [0.5, 0.6) is 5.75 Å². The first-order chi connectivity index (χ1) is 11.5. The van der Waals surface area contributed by atoms with Gasteiger partial charge in [-0.3, -0.25) is 4.98 Å². The predicted octanol–water partition coefficient (Wildman–Crippen LogP) is 1.14. The van der Waals surface area contributed by atoms with E-state index in [1.807, 2.05) is 18.2 Å². The molecule has 0 bridgehead atoms. The lowest BCUT2D eigenvalue weighted by molar-refractivity contribution is -0.235. The van der Waals surface area contributed by atoms with Gasteiger partial charge in [0.1, 0.15) is 11.9 Å². The number of hydrogen-bond acceptors (Lipinski definition) is 7. The number of aromatic nitrogens is 1. The Balaban J connectivity index is 1.70. The van der Waals surface area contributed by atoms with Gasteiger partial charge in [0.05, 0.1) is 17.7 Å². The lowest BCUT2D eigenvalue weighted by atomic mass is 10.0. The zero-order chi connectivity index (χ0) is 17.1. The van der Waals surface area contributed by atoms with E-state index >= 15 is 0 Å². The van der Waals surface area contributed by atoms with Gasteiger partial charge in [0, 0.05) is 30.2 Å². The van der Waals surface area contributed by atoms with Crippen LogP contribution in [0.1, 0.15) is 12.8 Å². The summed E-state index contributed by atoms with van der Waals surface area (Å²) in [5.41, 5.74) is 0.753. The minimum atomic E-state index is -2.01. The van der Waals surface area contributed by atoms with E-state index in [1.165, 1.54) is 0 Å². The third-order valence-electron chi connectivity index (χ3n) is 3.98. The van der Waals surface area contributed by atoms with Crippen LogP contribution in [0.3, 0.4) is 0 Å². The van der Waals surface area contributed by atoms with E-state index in [4.69, 9.17) is 19.3 Å². The van der Waals surface area contributed by atoms with Crippen LogP contribution in [0, 0.1) is 0 Å². The summed E-state index contributed by atoms with van der Waals surface area (Å²) in [6, 6.07) is 9.11. The largest absolute Gasteiger partial charge is 0.462 e. The minimum absolute atomic E-state index is 0.190. The molecule has 1 aliphatic heterocycles. The van der Waals surface area contributed by atoms with Crippen molar-refractivity contribution in [1.29, 1.82) is 0 Å². The van der Waals surface area contributed by atoms with Gasteiger partial charge in [-0.15, -0.1) is 0 Å². The highest BCUT2D eigenvalue weighted by Crippen LogP contribution is 2.30. The topological polar surface area (TPSA) is 112 Å². The summed E-state index contributed by atoms with van der Waals surface area (Å²) in [7, 11) is -2.01. The van der Waals surface area contributed by atoms with E-state index in [0.717, 1.165) is 10.9 Å². The molecule has 130 valence electrons. The van der Waals surface area contributed by atoms with Crippen molar-refractivity contribution in [1.82, 2.24) is 4.98 Å². The first-order valence-corrected chi connectivity index (χ1v) is 9.14. The maximum absolute atomic E-state index is 10.1. The number of fused-ring (bicyclic) bond motifs is 1. The lowest BCUT2D eigenvalue weighted by Gasteiger charge is -2.37. The highest BCUT2D eigenvalue weighted by atomic mass is 31.2. The second-order valence-corrected chi connectivity index (χ2v) is 6.97. The predicted molar refractivity (Wildman–Crippen MR) is 88.5 cm³/mol. The van der Waals surface area contributed by atoms with Gasteiger partial charge in [0.2, 0.25) is 6.29 Å². The SMILES string of the molecule is OC1CC(CCP(O)O)OC(Oc2ccc3cccnc3c2)C1O. The molecule has 4 atom stereocenters. The number of ether oxygens (including phenoxy) is 2. The molecule has 24 heavy (non-hydrogen) atoms. The highest BCUT2D eigenvalue weighted by molar-refractivity contribution is 7.45. The molecule has 2 aromatic rings. The normalized spacial score (nSPS) is 27.5. The van der Waals surface area contributed by atoms with Crippen molar-refractivity contribution in [3.8, 4) is 5.75 Å². The van der Waals surface area contributed by atoms with Gasteiger partial charge in [0.25, 0.3) is 0 Å². The summed E-state index contributed by atoms with van der Waals surface area (Å²) < 4.78 is 11.4.